The number of rotatable bonds is 0. The molecule has 0 heterocycles. The van der Waals surface area contributed by atoms with E-state index in [0.717, 1.165) is 32.1 Å². The Morgan fingerprint density at radius 1 is 0.933 bits per heavy atom. The van der Waals surface area contributed by atoms with E-state index in [1.54, 1.807) is 0 Å². The SMILES string of the molecule is NC1CCC2C(=O)C(=O)C3CCCC1C32. The van der Waals surface area contributed by atoms with E-state index < -0.39 is 0 Å². The zero-order valence-corrected chi connectivity index (χ0v) is 8.82. The molecule has 0 aliphatic heterocycles. The smallest absolute Gasteiger partial charge is 0.202 e. The van der Waals surface area contributed by atoms with Gasteiger partial charge in [-0.05, 0) is 37.5 Å². The minimum absolute atomic E-state index is 0.0348. The van der Waals surface area contributed by atoms with Gasteiger partial charge in [0.1, 0.15) is 0 Å². The second kappa shape index (κ2) is 3.14. The molecule has 3 aliphatic rings. The van der Waals surface area contributed by atoms with Crippen molar-refractivity contribution in [2.75, 3.05) is 0 Å². The van der Waals surface area contributed by atoms with Crippen LogP contribution in [0.2, 0.25) is 0 Å². The van der Waals surface area contributed by atoms with Crippen molar-refractivity contribution < 1.29 is 9.59 Å². The van der Waals surface area contributed by atoms with E-state index >= 15 is 0 Å². The number of carbonyl (C=O) groups excluding carboxylic acids is 2. The molecule has 3 rings (SSSR count). The monoisotopic (exact) mass is 207 g/mol. The highest BCUT2D eigenvalue weighted by molar-refractivity contribution is 6.41. The molecular weight excluding hydrogens is 190 g/mol. The first kappa shape index (κ1) is 9.52. The van der Waals surface area contributed by atoms with Gasteiger partial charge in [-0.3, -0.25) is 9.59 Å². The molecule has 15 heavy (non-hydrogen) atoms. The molecule has 2 N–H and O–H groups in total. The third-order valence-electron chi connectivity index (χ3n) is 4.75. The van der Waals surface area contributed by atoms with Crippen LogP contribution in [-0.4, -0.2) is 17.6 Å². The molecule has 0 amide bonds. The second-order valence-electron chi connectivity index (χ2n) is 5.35. The van der Waals surface area contributed by atoms with Crippen LogP contribution in [0.3, 0.4) is 0 Å². The van der Waals surface area contributed by atoms with Crippen molar-refractivity contribution in [2.45, 2.75) is 38.1 Å². The number of Topliss-reactive ketones (excluding diaryl/α,β-unsaturated/α-hetero) is 2. The van der Waals surface area contributed by atoms with Crippen LogP contribution in [0, 0.1) is 23.7 Å². The molecule has 5 atom stereocenters. The van der Waals surface area contributed by atoms with Crippen LogP contribution in [0.5, 0.6) is 0 Å². The highest BCUT2D eigenvalue weighted by atomic mass is 16.2. The number of nitrogens with two attached hydrogens (primary N) is 1. The summed E-state index contributed by atoms with van der Waals surface area (Å²) < 4.78 is 0. The van der Waals surface area contributed by atoms with Crippen molar-refractivity contribution in [3.05, 3.63) is 0 Å². The van der Waals surface area contributed by atoms with E-state index in [1.165, 1.54) is 0 Å². The molecule has 3 aliphatic carbocycles. The largest absolute Gasteiger partial charge is 0.327 e. The number of hydrogen-bond donors (Lipinski definition) is 1. The number of hydrogen-bond acceptors (Lipinski definition) is 3. The van der Waals surface area contributed by atoms with Gasteiger partial charge < -0.3 is 5.73 Å². The minimum Gasteiger partial charge on any atom is -0.327 e. The zero-order valence-electron chi connectivity index (χ0n) is 8.82. The molecule has 3 heteroatoms. The summed E-state index contributed by atoms with van der Waals surface area (Å²) >= 11 is 0. The van der Waals surface area contributed by atoms with E-state index in [-0.39, 0.29) is 29.4 Å². The summed E-state index contributed by atoms with van der Waals surface area (Å²) in [4.78, 5) is 23.6. The Labute approximate surface area is 89.4 Å². The van der Waals surface area contributed by atoms with Gasteiger partial charge in [0.05, 0.1) is 0 Å². The summed E-state index contributed by atoms with van der Waals surface area (Å²) in [6.07, 6.45) is 4.90. The van der Waals surface area contributed by atoms with E-state index in [2.05, 4.69) is 0 Å². The maximum Gasteiger partial charge on any atom is 0.202 e. The molecule has 0 aromatic heterocycles. The molecule has 0 saturated heterocycles. The minimum atomic E-state index is -0.0798. The topological polar surface area (TPSA) is 60.2 Å². The fourth-order valence-electron chi connectivity index (χ4n) is 4.09. The third-order valence-corrected chi connectivity index (χ3v) is 4.75. The standard InChI is InChI=1S/C12H17NO2/c13-9-5-4-8-10-6(9)2-1-3-7(10)11(14)12(8)15/h6-10H,1-5,13H2. The maximum absolute atomic E-state index is 11.8. The molecule has 5 unspecified atom stereocenters. The average molecular weight is 207 g/mol. The quantitative estimate of drug-likeness (QED) is 0.600. The average Bonchev–Trinajstić information content (AvgIpc) is 2.50. The van der Waals surface area contributed by atoms with Crippen LogP contribution in [0.15, 0.2) is 0 Å². The van der Waals surface area contributed by atoms with Crippen LogP contribution < -0.4 is 5.73 Å². The van der Waals surface area contributed by atoms with Gasteiger partial charge >= 0.3 is 0 Å². The van der Waals surface area contributed by atoms with Crippen molar-refractivity contribution in [1.82, 2.24) is 0 Å². The zero-order chi connectivity index (χ0) is 10.6. The lowest BCUT2D eigenvalue weighted by atomic mass is 9.63. The summed E-state index contributed by atoms with van der Waals surface area (Å²) in [6, 6.07) is 0.229. The lowest BCUT2D eigenvalue weighted by Gasteiger charge is -2.42. The summed E-state index contributed by atoms with van der Waals surface area (Å²) in [5.41, 5.74) is 6.11. The van der Waals surface area contributed by atoms with Crippen LogP contribution in [-0.2, 0) is 9.59 Å². The normalized spacial score (nSPS) is 49.3. The van der Waals surface area contributed by atoms with Crippen molar-refractivity contribution in [3.63, 3.8) is 0 Å². The van der Waals surface area contributed by atoms with Gasteiger partial charge in [0, 0.05) is 17.9 Å². The third kappa shape index (κ3) is 1.16. The van der Waals surface area contributed by atoms with Gasteiger partial charge in [-0.15, -0.1) is 0 Å². The molecule has 3 saturated carbocycles. The van der Waals surface area contributed by atoms with Gasteiger partial charge in [0.2, 0.25) is 11.6 Å². The van der Waals surface area contributed by atoms with Gasteiger partial charge in [-0.2, -0.15) is 0 Å². The van der Waals surface area contributed by atoms with E-state index in [0.29, 0.717) is 11.8 Å². The summed E-state index contributed by atoms with van der Waals surface area (Å²) in [5, 5.41) is 0. The Morgan fingerprint density at radius 2 is 1.60 bits per heavy atom. The highest BCUT2D eigenvalue weighted by Crippen LogP contribution is 2.51. The van der Waals surface area contributed by atoms with Crippen LogP contribution in [0.4, 0.5) is 0 Å². The number of carbonyl (C=O) groups is 2. The summed E-state index contributed by atoms with van der Waals surface area (Å²) in [6.45, 7) is 0. The first-order valence-corrected chi connectivity index (χ1v) is 6.04. The Hall–Kier alpha value is -0.700. The van der Waals surface area contributed by atoms with Crippen molar-refractivity contribution >= 4 is 11.6 Å². The van der Waals surface area contributed by atoms with Gasteiger partial charge in [-0.1, -0.05) is 6.42 Å². The molecule has 0 aromatic carbocycles. The molecule has 3 fully saturated rings. The molecule has 0 radical (unpaired) electrons. The predicted molar refractivity (Wildman–Crippen MR) is 55.0 cm³/mol. The Bertz CT molecular complexity index is 310. The summed E-state index contributed by atoms with van der Waals surface area (Å²) in [5.74, 6) is 0.660. The van der Waals surface area contributed by atoms with Gasteiger partial charge in [-0.25, -0.2) is 0 Å². The molecular formula is C12H17NO2. The lowest BCUT2D eigenvalue weighted by molar-refractivity contribution is -0.137. The van der Waals surface area contributed by atoms with Crippen molar-refractivity contribution in [1.29, 1.82) is 0 Å². The second-order valence-corrected chi connectivity index (χ2v) is 5.35. The van der Waals surface area contributed by atoms with E-state index in [9.17, 15) is 9.59 Å². The van der Waals surface area contributed by atoms with E-state index in [1.807, 2.05) is 0 Å². The van der Waals surface area contributed by atoms with Crippen LogP contribution in [0.1, 0.15) is 32.1 Å². The Kier molecular flexibility index (Phi) is 2.00. The molecule has 0 aromatic rings. The molecule has 0 bridgehead atoms. The number of ketones is 2. The first-order chi connectivity index (χ1) is 7.20. The lowest BCUT2D eigenvalue weighted by Crippen LogP contribution is -2.45. The van der Waals surface area contributed by atoms with E-state index in [4.69, 9.17) is 5.73 Å². The van der Waals surface area contributed by atoms with Crippen LogP contribution in [0.25, 0.3) is 0 Å². The molecule has 0 spiro atoms. The Balaban J connectivity index is 1.98. The summed E-state index contributed by atoms with van der Waals surface area (Å²) in [7, 11) is 0. The fourth-order valence-corrected chi connectivity index (χ4v) is 4.09. The van der Waals surface area contributed by atoms with Crippen molar-refractivity contribution in [2.24, 2.45) is 29.4 Å². The maximum atomic E-state index is 11.8. The first-order valence-electron chi connectivity index (χ1n) is 6.04. The molecule has 82 valence electrons. The van der Waals surface area contributed by atoms with Gasteiger partial charge in [0.15, 0.2) is 0 Å². The molecule has 3 nitrogen and oxygen atoms in total. The fraction of sp³-hybridized carbons (Fsp3) is 0.833. The van der Waals surface area contributed by atoms with Gasteiger partial charge in [0.25, 0.3) is 0 Å². The highest BCUT2D eigenvalue weighted by Gasteiger charge is 2.55. The predicted octanol–water partition coefficient (Wildman–Crippen LogP) is 0.908. The van der Waals surface area contributed by atoms with Crippen LogP contribution >= 0.6 is 0 Å². The van der Waals surface area contributed by atoms with Crippen molar-refractivity contribution in [3.8, 4) is 0 Å². The Morgan fingerprint density at radius 3 is 2.33 bits per heavy atom.